The Kier molecular flexibility index (Phi) is 4.32. The summed E-state index contributed by atoms with van der Waals surface area (Å²) in [5, 5.41) is 0. The molecule has 0 spiro atoms. The summed E-state index contributed by atoms with van der Waals surface area (Å²) in [7, 11) is 0. The van der Waals surface area contributed by atoms with Gasteiger partial charge in [-0.05, 0) is 31.6 Å². The van der Waals surface area contributed by atoms with E-state index >= 15 is 0 Å². The van der Waals surface area contributed by atoms with Crippen LogP contribution in [0.5, 0.6) is 0 Å². The summed E-state index contributed by atoms with van der Waals surface area (Å²) in [6.45, 7) is 2.23. The smallest absolute Gasteiger partial charge is 0.367 e. The molecule has 1 saturated carbocycles. The maximum atomic E-state index is 10.6. The number of rotatable bonds is 2. The van der Waals surface area contributed by atoms with Gasteiger partial charge in [0.25, 0.3) is 0 Å². The molecule has 0 aliphatic heterocycles. The molecule has 1 fully saturated rings. The second kappa shape index (κ2) is 5.04. The van der Waals surface area contributed by atoms with Crippen LogP contribution in [0.15, 0.2) is 0 Å². The van der Waals surface area contributed by atoms with Crippen LogP contribution >= 0.6 is 22.6 Å². The van der Waals surface area contributed by atoms with Gasteiger partial charge in [0, 0.05) is 0 Å². The van der Waals surface area contributed by atoms with E-state index in [2.05, 4.69) is 6.92 Å². The number of halogens is 1. The molecular weight excluding hydrogens is 267 g/mol. The van der Waals surface area contributed by atoms with Crippen molar-refractivity contribution in [2.24, 2.45) is 5.92 Å². The van der Waals surface area contributed by atoms with Crippen molar-refractivity contribution in [3.8, 4) is 0 Å². The van der Waals surface area contributed by atoms with Crippen LogP contribution in [0.4, 0.5) is 4.79 Å². The highest BCUT2D eigenvalue weighted by atomic mass is 127. The number of ether oxygens (including phenoxy) is 1. The topological polar surface area (TPSA) is 26.3 Å². The first-order valence-electron chi connectivity index (χ1n) is 4.58. The van der Waals surface area contributed by atoms with Gasteiger partial charge in [0.05, 0.1) is 22.6 Å². The molecule has 0 unspecified atom stereocenters. The minimum Gasteiger partial charge on any atom is -0.455 e. The fourth-order valence-corrected chi connectivity index (χ4v) is 2.15. The normalized spacial score (nSPS) is 29.8. The molecule has 2 nitrogen and oxygen atoms in total. The molecule has 0 N–H and O–H groups in total. The van der Waals surface area contributed by atoms with Crippen LogP contribution in [0.25, 0.3) is 0 Å². The van der Waals surface area contributed by atoms with Crippen LogP contribution < -0.4 is 0 Å². The molecule has 0 saturated heterocycles. The summed E-state index contributed by atoms with van der Waals surface area (Å²) in [4.78, 5) is 10.6. The third-order valence-corrected chi connectivity index (χ3v) is 2.88. The van der Waals surface area contributed by atoms with E-state index < -0.39 is 0 Å². The summed E-state index contributed by atoms with van der Waals surface area (Å²) < 4.78 is 4.97. The first-order chi connectivity index (χ1) is 5.72. The van der Waals surface area contributed by atoms with Crippen molar-refractivity contribution in [2.45, 2.75) is 45.1 Å². The molecule has 0 aromatic heterocycles. The zero-order valence-electron chi connectivity index (χ0n) is 7.38. The van der Waals surface area contributed by atoms with E-state index in [-0.39, 0.29) is 10.1 Å². The summed E-state index contributed by atoms with van der Waals surface area (Å²) >= 11 is 1.70. The van der Waals surface area contributed by atoms with Gasteiger partial charge in [-0.3, -0.25) is 0 Å². The first-order valence-corrected chi connectivity index (χ1v) is 5.66. The Morgan fingerprint density at radius 3 is 2.42 bits per heavy atom. The van der Waals surface area contributed by atoms with Gasteiger partial charge in [-0.2, -0.15) is 0 Å². The fourth-order valence-electron chi connectivity index (χ4n) is 1.79. The highest BCUT2D eigenvalue weighted by molar-refractivity contribution is 14.1. The minimum atomic E-state index is -0.160. The van der Waals surface area contributed by atoms with Crippen LogP contribution in [-0.4, -0.2) is 10.1 Å². The molecule has 0 aromatic carbocycles. The maximum absolute atomic E-state index is 10.6. The molecule has 0 amide bonds. The van der Waals surface area contributed by atoms with Gasteiger partial charge >= 0.3 is 3.98 Å². The average Bonchev–Trinajstić information content (AvgIpc) is 2.05. The molecule has 1 aliphatic rings. The van der Waals surface area contributed by atoms with Crippen LogP contribution in [0, 0.1) is 5.92 Å². The van der Waals surface area contributed by atoms with E-state index in [4.69, 9.17) is 4.74 Å². The second-order valence-electron chi connectivity index (χ2n) is 3.41. The highest BCUT2D eigenvalue weighted by Gasteiger charge is 2.21. The largest absolute Gasteiger partial charge is 0.455 e. The lowest BCUT2D eigenvalue weighted by molar-refractivity contribution is 0.0853. The molecule has 0 radical (unpaired) electrons. The van der Waals surface area contributed by atoms with Gasteiger partial charge in [-0.1, -0.05) is 13.3 Å². The molecule has 0 heterocycles. The average molecular weight is 282 g/mol. The Morgan fingerprint density at radius 1 is 1.42 bits per heavy atom. The molecule has 1 rings (SSSR count). The van der Waals surface area contributed by atoms with E-state index in [0.29, 0.717) is 0 Å². The van der Waals surface area contributed by atoms with Crippen LogP contribution in [0.2, 0.25) is 0 Å². The molecule has 12 heavy (non-hydrogen) atoms. The van der Waals surface area contributed by atoms with Crippen LogP contribution in [0.1, 0.15) is 39.0 Å². The van der Waals surface area contributed by atoms with Crippen molar-refractivity contribution in [1.29, 1.82) is 0 Å². The Balaban J connectivity index is 2.21. The van der Waals surface area contributed by atoms with Gasteiger partial charge < -0.3 is 4.74 Å². The van der Waals surface area contributed by atoms with Crippen molar-refractivity contribution < 1.29 is 9.53 Å². The number of carbonyl (C=O) groups excluding carboxylic acids is 1. The SMILES string of the molecule is CC[C@H]1CC[C@H](OC(=O)I)CC1. The zero-order chi connectivity index (χ0) is 8.97. The van der Waals surface area contributed by atoms with Gasteiger partial charge in [0.15, 0.2) is 0 Å². The van der Waals surface area contributed by atoms with Crippen LogP contribution in [-0.2, 0) is 4.74 Å². The summed E-state index contributed by atoms with van der Waals surface area (Å²) in [5.41, 5.74) is 0. The molecule has 0 bridgehead atoms. The summed E-state index contributed by atoms with van der Waals surface area (Å²) in [6.07, 6.45) is 6.05. The van der Waals surface area contributed by atoms with Gasteiger partial charge in [-0.15, -0.1) is 0 Å². The zero-order valence-corrected chi connectivity index (χ0v) is 9.54. The quantitative estimate of drug-likeness (QED) is 0.572. The molecule has 70 valence electrons. The number of hydrogen-bond acceptors (Lipinski definition) is 2. The standard InChI is InChI=1S/C9H15IO2/c1-2-7-3-5-8(6-4-7)12-9(10)11/h7-8H,2-6H2,1H3/t7-,8-. The lowest BCUT2D eigenvalue weighted by atomic mass is 9.86. The fraction of sp³-hybridized carbons (Fsp3) is 0.889. The van der Waals surface area contributed by atoms with E-state index in [9.17, 15) is 4.79 Å². The number of carbonyl (C=O) groups is 1. The number of hydrogen-bond donors (Lipinski definition) is 0. The van der Waals surface area contributed by atoms with Crippen molar-refractivity contribution in [2.75, 3.05) is 0 Å². The Morgan fingerprint density at radius 2 is 2.00 bits per heavy atom. The van der Waals surface area contributed by atoms with E-state index in [1.54, 1.807) is 22.6 Å². The monoisotopic (exact) mass is 282 g/mol. The Bertz CT molecular complexity index is 151. The van der Waals surface area contributed by atoms with Crippen molar-refractivity contribution in [3.63, 3.8) is 0 Å². The van der Waals surface area contributed by atoms with Gasteiger partial charge in [0.2, 0.25) is 0 Å². The van der Waals surface area contributed by atoms with E-state index in [1.807, 2.05) is 0 Å². The lowest BCUT2D eigenvalue weighted by Crippen LogP contribution is -2.21. The molecule has 0 aromatic rings. The third kappa shape index (κ3) is 3.29. The molecular formula is C9H15IO2. The molecule has 3 heteroatoms. The van der Waals surface area contributed by atoms with Crippen LogP contribution in [0.3, 0.4) is 0 Å². The van der Waals surface area contributed by atoms with Crippen molar-refractivity contribution in [3.05, 3.63) is 0 Å². The van der Waals surface area contributed by atoms with E-state index in [0.717, 1.165) is 18.8 Å². The Hall–Kier alpha value is 0.200. The molecule has 1 aliphatic carbocycles. The third-order valence-electron chi connectivity index (χ3n) is 2.63. The second-order valence-corrected chi connectivity index (χ2v) is 4.29. The van der Waals surface area contributed by atoms with Crippen molar-refractivity contribution in [1.82, 2.24) is 0 Å². The molecule has 0 atom stereocenters. The van der Waals surface area contributed by atoms with E-state index in [1.165, 1.54) is 19.3 Å². The summed E-state index contributed by atoms with van der Waals surface area (Å²) in [5.74, 6) is 0.870. The maximum Gasteiger partial charge on any atom is 0.367 e. The highest BCUT2D eigenvalue weighted by Crippen LogP contribution is 2.28. The summed E-state index contributed by atoms with van der Waals surface area (Å²) in [6, 6.07) is 0. The first kappa shape index (κ1) is 10.3. The predicted octanol–water partition coefficient (Wildman–Crippen LogP) is 3.53. The predicted molar refractivity (Wildman–Crippen MR) is 56.5 cm³/mol. The van der Waals surface area contributed by atoms with Crippen molar-refractivity contribution >= 4 is 26.6 Å². The lowest BCUT2D eigenvalue weighted by Gasteiger charge is -2.26. The van der Waals surface area contributed by atoms with Gasteiger partial charge in [-0.25, -0.2) is 4.79 Å². The van der Waals surface area contributed by atoms with Gasteiger partial charge in [0.1, 0.15) is 6.10 Å². The minimum absolute atomic E-state index is 0.160. The Labute approximate surface area is 87.2 Å².